The Morgan fingerprint density at radius 1 is 0.931 bits per heavy atom. The van der Waals surface area contributed by atoms with Gasteiger partial charge in [-0.1, -0.05) is 35.3 Å². The van der Waals surface area contributed by atoms with Gasteiger partial charge >= 0.3 is 5.84 Å². The number of nitrogens with zero attached hydrogens (tertiary/aromatic N) is 5. The van der Waals surface area contributed by atoms with Gasteiger partial charge in [0.05, 0.1) is 13.1 Å². The molecule has 0 saturated carbocycles. The smallest absolute Gasteiger partial charge is 0.249 e. The van der Waals surface area contributed by atoms with Gasteiger partial charge < -0.3 is 0 Å². The lowest BCUT2D eigenvalue weighted by atomic mass is 10.2. The molecule has 6 heteroatoms. The van der Waals surface area contributed by atoms with Crippen LogP contribution in [0.5, 0.6) is 0 Å². The van der Waals surface area contributed by atoms with Crippen molar-refractivity contribution in [2.75, 3.05) is 19.6 Å². The molecule has 0 unspecified atom stereocenters. The topological polar surface area (TPSA) is 60.4 Å². The molecule has 1 aliphatic heterocycles. The van der Waals surface area contributed by atoms with Crippen LogP contribution in [0.3, 0.4) is 0 Å². The molecule has 0 aromatic heterocycles. The van der Waals surface area contributed by atoms with E-state index in [4.69, 9.17) is 9.98 Å². The summed E-state index contributed by atoms with van der Waals surface area (Å²) < 4.78 is 2.18. The molecule has 0 fully saturated rings. The molecule has 0 saturated heterocycles. The normalized spacial score (nSPS) is 17.1. The van der Waals surface area contributed by atoms with Gasteiger partial charge in [0.15, 0.2) is 0 Å². The van der Waals surface area contributed by atoms with E-state index in [-0.39, 0.29) is 0 Å². The van der Waals surface area contributed by atoms with Crippen LogP contribution in [0.15, 0.2) is 75.8 Å². The van der Waals surface area contributed by atoms with Gasteiger partial charge in [-0.3, -0.25) is 0 Å². The number of amidine groups is 3. The number of likely N-dealkylation sites (N-methyl/N-ethyl adjacent to an activating group) is 2. The largest absolute Gasteiger partial charge is 0.322 e. The Bertz CT molecular complexity index is 972. The highest BCUT2D eigenvalue weighted by atomic mass is 16.3. The molecule has 0 amide bonds. The Balaban J connectivity index is 2.06. The van der Waals surface area contributed by atoms with Crippen LogP contribution >= 0.6 is 0 Å². The van der Waals surface area contributed by atoms with Gasteiger partial charge in [0.2, 0.25) is 5.84 Å². The number of para-hydroxylation sites is 1. The van der Waals surface area contributed by atoms with E-state index >= 15 is 0 Å². The first-order valence-corrected chi connectivity index (χ1v) is 9.93. The lowest BCUT2D eigenvalue weighted by Gasteiger charge is -2.10. The maximum absolute atomic E-state index is 10.6. The molecule has 2 aromatic rings. The van der Waals surface area contributed by atoms with E-state index in [0.29, 0.717) is 12.2 Å². The second-order valence-electron chi connectivity index (χ2n) is 6.43. The highest BCUT2D eigenvalue weighted by molar-refractivity contribution is 6.44. The van der Waals surface area contributed by atoms with Gasteiger partial charge in [0, 0.05) is 12.6 Å². The van der Waals surface area contributed by atoms with Crippen molar-refractivity contribution in [3.63, 3.8) is 0 Å². The van der Waals surface area contributed by atoms with E-state index in [1.165, 1.54) is 0 Å². The van der Waals surface area contributed by atoms with Crippen LogP contribution < -0.4 is 0 Å². The number of hydrogen-bond donors (Lipinski definition) is 0. The Morgan fingerprint density at radius 3 is 2.24 bits per heavy atom. The summed E-state index contributed by atoms with van der Waals surface area (Å²) in [5.41, 5.74) is 2.33. The number of nitroso groups, excluding NO2 is 1. The minimum atomic E-state index is 0.427. The fourth-order valence-electron chi connectivity index (χ4n) is 3.27. The third kappa shape index (κ3) is 4.54. The van der Waals surface area contributed by atoms with Gasteiger partial charge in [-0.05, 0) is 61.9 Å². The number of aliphatic imine (C=N–C) groups is 2. The van der Waals surface area contributed by atoms with Crippen LogP contribution in [0.2, 0.25) is 0 Å². The molecule has 0 bridgehead atoms. The van der Waals surface area contributed by atoms with Crippen molar-refractivity contribution in [1.82, 2.24) is 4.90 Å². The monoisotopic (exact) mass is 388 g/mol. The fraction of sp³-hybridized carbons (Fsp3) is 0.261. The van der Waals surface area contributed by atoms with Crippen molar-refractivity contribution < 1.29 is 4.58 Å². The van der Waals surface area contributed by atoms with Crippen molar-refractivity contribution in [2.45, 2.75) is 20.8 Å². The summed E-state index contributed by atoms with van der Waals surface area (Å²) in [7, 11) is 0. The highest BCUT2D eigenvalue weighted by Crippen LogP contribution is 2.18. The Labute approximate surface area is 171 Å². The van der Waals surface area contributed by atoms with E-state index in [1.807, 2.05) is 55.5 Å². The average molecular weight is 388 g/mol. The second-order valence-corrected chi connectivity index (χ2v) is 6.43. The number of benzene rings is 2. The molecule has 1 heterocycles. The van der Waals surface area contributed by atoms with E-state index in [9.17, 15) is 4.91 Å². The summed E-state index contributed by atoms with van der Waals surface area (Å²) >= 11 is 0. The summed E-state index contributed by atoms with van der Waals surface area (Å²) in [5, 5.41) is 2.95. The maximum Gasteiger partial charge on any atom is 0.322 e. The van der Waals surface area contributed by atoms with Crippen molar-refractivity contribution in [1.29, 1.82) is 0 Å². The molecule has 6 nitrogen and oxygen atoms in total. The average Bonchev–Trinajstić information content (AvgIpc) is 3.05. The quantitative estimate of drug-likeness (QED) is 0.494. The fourth-order valence-corrected chi connectivity index (χ4v) is 3.27. The SMILES string of the molecule is CC/N=C1\C(=N/c2ccccc2)[N+](CC)=C(C=Cc2ccc(N=O)cc2)N1CC. The van der Waals surface area contributed by atoms with Crippen LogP contribution in [0.4, 0.5) is 11.4 Å². The molecule has 0 radical (unpaired) electrons. The molecule has 0 atom stereocenters. The third-order valence-electron chi connectivity index (χ3n) is 4.62. The molecule has 29 heavy (non-hydrogen) atoms. The molecular formula is C23H26N5O+. The molecule has 0 aliphatic carbocycles. The van der Waals surface area contributed by atoms with Crippen molar-refractivity contribution >= 4 is 35.0 Å². The van der Waals surface area contributed by atoms with Crippen molar-refractivity contribution in [3.8, 4) is 0 Å². The molecule has 3 rings (SSSR count). The predicted octanol–water partition coefficient (Wildman–Crippen LogP) is 5.01. The zero-order chi connectivity index (χ0) is 20.6. The lowest BCUT2D eigenvalue weighted by molar-refractivity contribution is -0.398. The molecule has 0 N–H and O–H groups in total. The zero-order valence-corrected chi connectivity index (χ0v) is 17.1. The van der Waals surface area contributed by atoms with Gasteiger partial charge in [-0.2, -0.15) is 0 Å². The summed E-state index contributed by atoms with van der Waals surface area (Å²) in [4.78, 5) is 22.5. The van der Waals surface area contributed by atoms with E-state index in [2.05, 4.69) is 34.6 Å². The molecule has 148 valence electrons. The number of rotatable bonds is 7. The standard InChI is InChI=1S/C23H26N5O/c1-4-24-22-23(25-19-10-8-7-9-11-19)28(6-3)21(27(22)5-2)17-14-18-12-15-20(26-29)16-13-18/h7-17H,4-6H2,1-3H3/q+1/b24-22+,25-23+. The third-order valence-corrected chi connectivity index (χ3v) is 4.62. The van der Waals surface area contributed by atoms with Crippen LogP contribution in [0.1, 0.15) is 26.3 Å². The Hall–Kier alpha value is -3.41. The van der Waals surface area contributed by atoms with E-state index in [0.717, 1.165) is 41.8 Å². The first-order chi connectivity index (χ1) is 14.2. The van der Waals surface area contributed by atoms with Crippen LogP contribution in [0.25, 0.3) is 6.08 Å². The van der Waals surface area contributed by atoms with Gasteiger partial charge in [-0.15, -0.1) is 4.91 Å². The highest BCUT2D eigenvalue weighted by Gasteiger charge is 2.39. The molecule has 1 aliphatic rings. The van der Waals surface area contributed by atoms with Crippen molar-refractivity contribution in [2.24, 2.45) is 15.2 Å². The molecule has 2 aromatic carbocycles. The van der Waals surface area contributed by atoms with Crippen molar-refractivity contribution in [3.05, 3.63) is 71.1 Å². The second kappa shape index (κ2) is 9.68. The van der Waals surface area contributed by atoms with Crippen LogP contribution in [-0.2, 0) is 0 Å². The zero-order valence-electron chi connectivity index (χ0n) is 17.1. The first kappa shape index (κ1) is 20.3. The van der Waals surface area contributed by atoms with Crippen LogP contribution in [-0.4, -0.2) is 46.6 Å². The van der Waals surface area contributed by atoms with Gasteiger partial charge in [0.25, 0.3) is 5.84 Å². The lowest BCUT2D eigenvalue weighted by Crippen LogP contribution is -2.33. The van der Waals surface area contributed by atoms with Crippen LogP contribution in [0, 0.1) is 4.91 Å². The summed E-state index contributed by atoms with van der Waals surface area (Å²) in [6.45, 7) is 8.52. The number of hydrogen-bond acceptors (Lipinski definition) is 4. The van der Waals surface area contributed by atoms with Gasteiger partial charge in [0.1, 0.15) is 11.4 Å². The predicted molar refractivity (Wildman–Crippen MR) is 121 cm³/mol. The maximum atomic E-state index is 10.6. The minimum absolute atomic E-state index is 0.427. The summed E-state index contributed by atoms with van der Waals surface area (Å²) in [5.74, 6) is 2.79. The van der Waals surface area contributed by atoms with E-state index < -0.39 is 0 Å². The van der Waals surface area contributed by atoms with Gasteiger partial charge in [-0.25, -0.2) is 14.5 Å². The first-order valence-electron chi connectivity index (χ1n) is 9.93. The Kier molecular flexibility index (Phi) is 6.79. The summed E-state index contributed by atoms with van der Waals surface area (Å²) in [6.07, 6.45) is 4.11. The Morgan fingerprint density at radius 2 is 1.66 bits per heavy atom. The summed E-state index contributed by atoms with van der Waals surface area (Å²) in [6, 6.07) is 17.2. The van der Waals surface area contributed by atoms with E-state index in [1.54, 1.807) is 12.1 Å². The molecular weight excluding hydrogens is 362 g/mol. The molecule has 0 spiro atoms. The minimum Gasteiger partial charge on any atom is -0.249 e.